The molecule has 1 aromatic carbocycles. The molecule has 2 N–H and O–H groups in total. The van der Waals surface area contributed by atoms with Crippen LogP contribution < -0.4 is 5.32 Å². The molecule has 0 atom stereocenters. The van der Waals surface area contributed by atoms with Crippen molar-refractivity contribution >= 4 is 27.6 Å². The predicted octanol–water partition coefficient (Wildman–Crippen LogP) is 3.12. The zero-order valence-corrected chi connectivity index (χ0v) is 9.39. The van der Waals surface area contributed by atoms with Crippen molar-refractivity contribution in [1.82, 2.24) is 0 Å². The first-order chi connectivity index (χ1) is 7.31. The molecule has 0 heterocycles. The Hall–Kier alpha value is -1.24. The van der Waals surface area contributed by atoms with E-state index in [4.69, 9.17) is 5.11 Å². The molecule has 0 saturated carbocycles. The highest BCUT2D eigenvalue weighted by molar-refractivity contribution is 9.10. The summed E-state index contributed by atoms with van der Waals surface area (Å²) in [5.41, 5.74) is -0.286. The summed E-state index contributed by atoms with van der Waals surface area (Å²) in [5.74, 6) is -1.29. The Morgan fingerprint density at radius 1 is 1.44 bits per heavy atom. The molecule has 16 heavy (non-hydrogen) atoms. The number of hydrogen-bond acceptors (Lipinski definition) is 2. The Balaban J connectivity index is 2.96. The van der Waals surface area contributed by atoms with E-state index in [1.54, 1.807) is 0 Å². The molecule has 0 aliphatic rings. The number of carboxylic acids is 1. The number of carboxylic acid groups (broad SMARTS) is 1. The minimum Gasteiger partial charge on any atom is -0.478 e. The van der Waals surface area contributed by atoms with E-state index < -0.39 is 18.7 Å². The van der Waals surface area contributed by atoms with Crippen molar-refractivity contribution in [3.05, 3.63) is 28.2 Å². The molecule has 0 spiro atoms. The van der Waals surface area contributed by atoms with E-state index in [1.165, 1.54) is 18.2 Å². The third-order valence-corrected chi connectivity index (χ3v) is 2.37. The second kappa shape index (κ2) is 4.73. The van der Waals surface area contributed by atoms with Crippen molar-refractivity contribution < 1.29 is 23.1 Å². The highest BCUT2D eigenvalue weighted by Crippen LogP contribution is 2.26. The lowest BCUT2D eigenvalue weighted by atomic mass is 10.2. The lowest BCUT2D eigenvalue weighted by Crippen LogP contribution is -2.22. The molecule has 0 bridgehead atoms. The summed E-state index contributed by atoms with van der Waals surface area (Å²) >= 11 is 2.97. The molecule has 0 aliphatic heterocycles. The van der Waals surface area contributed by atoms with Gasteiger partial charge in [-0.1, -0.05) is 6.07 Å². The molecular formula is C9H7BrF3NO2. The second-order valence-electron chi connectivity index (χ2n) is 2.94. The highest BCUT2D eigenvalue weighted by Gasteiger charge is 2.27. The molecule has 0 aromatic heterocycles. The van der Waals surface area contributed by atoms with Crippen LogP contribution in [-0.4, -0.2) is 23.8 Å². The van der Waals surface area contributed by atoms with E-state index >= 15 is 0 Å². The molecule has 3 nitrogen and oxygen atoms in total. The van der Waals surface area contributed by atoms with E-state index in [1.807, 2.05) is 5.32 Å². The van der Waals surface area contributed by atoms with Gasteiger partial charge in [0.2, 0.25) is 0 Å². The van der Waals surface area contributed by atoms with Gasteiger partial charge >= 0.3 is 12.1 Å². The van der Waals surface area contributed by atoms with Crippen molar-refractivity contribution in [3.63, 3.8) is 0 Å². The Bertz CT molecular complexity index is 406. The fraction of sp³-hybridized carbons (Fsp3) is 0.222. The fourth-order valence-corrected chi connectivity index (χ4v) is 1.62. The number of alkyl halides is 3. The van der Waals surface area contributed by atoms with Gasteiger partial charge in [0.25, 0.3) is 0 Å². The maximum Gasteiger partial charge on any atom is 0.405 e. The van der Waals surface area contributed by atoms with Gasteiger partial charge in [0.15, 0.2) is 0 Å². The summed E-state index contributed by atoms with van der Waals surface area (Å²) in [6.07, 6.45) is -4.39. The van der Waals surface area contributed by atoms with Crippen molar-refractivity contribution in [3.8, 4) is 0 Å². The average molecular weight is 298 g/mol. The van der Waals surface area contributed by atoms with Crippen molar-refractivity contribution in [2.45, 2.75) is 6.18 Å². The Labute approximate surface area is 97.4 Å². The van der Waals surface area contributed by atoms with Gasteiger partial charge in [-0.05, 0) is 28.1 Å². The summed E-state index contributed by atoms with van der Waals surface area (Å²) in [4.78, 5) is 10.8. The van der Waals surface area contributed by atoms with E-state index in [0.717, 1.165) is 0 Å². The number of rotatable bonds is 3. The molecular weight excluding hydrogens is 291 g/mol. The number of carbonyl (C=O) groups is 1. The molecule has 0 aliphatic carbocycles. The summed E-state index contributed by atoms with van der Waals surface area (Å²) in [6.45, 7) is -1.27. The lowest BCUT2D eigenvalue weighted by molar-refractivity contribution is -0.115. The number of aromatic carboxylic acids is 1. The van der Waals surface area contributed by atoms with E-state index in [0.29, 0.717) is 0 Å². The Morgan fingerprint density at radius 3 is 2.56 bits per heavy atom. The summed E-state index contributed by atoms with van der Waals surface area (Å²) < 4.78 is 36.1. The van der Waals surface area contributed by atoms with Gasteiger partial charge < -0.3 is 10.4 Å². The second-order valence-corrected chi connectivity index (χ2v) is 3.79. The maximum absolute atomic E-state index is 12.0. The molecule has 0 radical (unpaired) electrons. The van der Waals surface area contributed by atoms with Gasteiger partial charge in [-0.3, -0.25) is 0 Å². The minimum atomic E-state index is -4.39. The third kappa shape index (κ3) is 3.41. The van der Waals surface area contributed by atoms with Crippen LogP contribution in [0.25, 0.3) is 0 Å². The monoisotopic (exact) mass is 297 g/mol. The first kappa shape index (κ1) is 12.8. The molecule has 7 heteroatoms. The van der Waals surface area contributed by atoms with E-state index in [-0.39, 0.29) is 15.7 Å². The van der Waals surface area contributed by atoms with Gasteiger partial charge in [0, 0.05) is 4.47 Å². The molecule has 88 valence electrons. The molecule has 1 aromatic rings. The first-order valence-corrected chi connectivity index (χ1v) is 4.93. The lowest BCUT2D eigenvalue weighted by Gasteiger charge is -2.12. The van der Waals surface area contributed by atoms with Crippen LogP contribution in [0.3, 0.4) is 0 Å². The zero-order chi connectivity index (χ0) is 12.3. The van der Waals surface area contributed by atoms with Crippen LogP contribution in [0, 0.1) is 0 Å². The summed E-state index contributed by atoms with van der Waals surface area (Å²) in [6, 6.07) is 4.18. The average Bonchev–Trinajstić information content (AvgIpc) is 2.12. The summed E-state index contributed by atoms with van der Waals surface area (Å²) in [5, 5.41) is 10.9. The predicted molar refractivity (Wildman–Crippen MR) is 55.6 cm³/mol. The van der Waals surface area contributed by atoms with Crippen LogP contribution in [0.15, 0.2) is 22.7 Å². The largest absolute Gasteiger partial charge is 0.478 e. The van der Waals surface area contributed by atoms with Crippen LogP contribution in [-0.2, 0) is 0 Å². The van der Waals surface area contributed by atoms with Crippen LogP contribution in [0.5, 0.6) is 0 Å². The Morgan fingerprint density at radius 2 is 2.06 bits per heavy atom. The van der Waals surface area contributed by atoms with E-state index in [9.17, 15) is 18.0 Å². The topological polar surface area (TPSA) is 49.3 Å². The quantitative estimate of drug-likeness (QED) is 0.901. The van der Waals surface area contributed by atoms with Gasteiger partial charge in [0.05, 0.1) is 11.3 Å². The minimum absolute atomic E-state index is 0.0702. The standard InChI is InChI=1S/C9H7BrF3NO2/c10-5-2-1-3-6(7(5)8(15)16)14-4-9(11,12)13/h1-3,14H,4H2,(H,15,16). The smallest absolute Gasteiger partial charge is 0.405 e. The summed E-state index contributed by atoms with van der Waals surface area (Å²) in [7, 11) is 0. The van der Waals surface area contributed by atoms with Gasteiger partial charge in [-0.2, -0.15) is 13.2 Å². The van der Waals surface area contributed by atoms with Gasteiger partial charge in [-0.15, -0.1) is 0 Å². The van der Waals surface area contributed by atoms with Crippen LogP contribution in [0.1, 0.15) is 10.4 Å². The van der Waals surface area contributed by atoms with Crippen molar-refractivity contribution in [2.24, 2.45) is 0 Å². The third-order valence-electron chi connectivity index (χ3n) is 1.71. The molecule has 0 saturated heterocycles. The number of nitrogens with one attached hydrogen (secondary N) is 1. The first-order valence-electron chi connectivity index (χ1n) is 4.13. The molecule has 0 fully saturated rings. The number of hydrogen-bond donors (Lipinski definition) is 2. The van der Waals surface area contributed by atoms with Gasteiger partial charge in [-0.25, -0.2) is 4.79 Å². The fourth-order valence-electron chi connectivity index (χ4n) is 1.08. The zero-order valence-electron chi connectivity index (χ0n) is 7.81. The normalized spacial score (nSPS) is 11.2. The number of benzene rings is 1. The molecule has 0 amide bonds. The maximum atomic E-state index is 12.0. The van der Waals surface area contributed by atoms with Crippen molar-refractivity contribution in [1.29, 1.82) is 0 Å². The molecule has 1 rings (SSSR count). The van der Waals surface area contributed by atoms with Crippen LogP contribution in [0.4, 0.5) is 18.9 Å². The van der Waals surface area contributed by atoms with Gasteiger partial charge in [0.1, 0.15) is 6.54 Å². The van der Waals surface area contributed by atoms with E-state index in [2.05, 4.69) is 15.9 Å². The SMILES string of the molecule is O=C(O)c1c(Br)cccc1NCC(F)(F)F. The van der Waals surface area contributed by atoms with Crippen molar-refractivity contribution in [2.75, 3.05) is 11.9 Å². The Kier molecular flexibility index (Phi) is 3.79. The number of anilines is 1. The van der Waals surface area contributed by atoms with Crippen LogP contribution >= 0.6 is 15.9 Å². The van der Waals surface area contributed by atoms with Crippen LogP contribution in [0.2, 0.25) is 0 Å². The molecule has 0 unspecified atom stereocenters. The highest BCUT2D eigenvalue weighted by atomic mass is 79.9. The number of halogens is 4.